The van der Waals surface area contributed by atoms with Crippen molar-refractivity contribution >= 4 is 23.2 Å². The van der Waals surface area contributed by atoms with E-state index in [1.54, 1.807) is 11.3 Å². The third kappa shape index (κ3) is 2.85. The van der Waals surface area contributed by atoms with Crippen molar-refractivity contribution in [3.05, 3.63) is 21.9 Å². The lowest BCUT2D eigenvalue weighted by Gasteiger charge is -2.01. The topological polar surface area (TPSA) is 66.4 Å². The number of amides is 1. The first-order valence-corrected chi connectivity index (χ1v) is 6.51. The van der Waals surface area contributed by atoms with Gasteiger partial charge in [0.1, 0.15) is 0 Å². The summed E-state index contributed by atoms with van der Waals surface area (Å²) in [6.07, 6.45) is 1.48. The number of hydrogen-bond acceptors (Lipinski definition) is 3. The van der Waals surface area contributed by atoms with Gasteiger partial charge in [-0.25, -0.2) is 0 Å². The molecule has 17 heavy (non-hydrogen) atoms. The maximum Gasteiger partial charge on any atom is 0.307 e. The number of aliphatic carboxylic acids is 1. The van der Waals surface area contributed by atoms with E-state index in [-0.39, 0.29) is 11.8 Å². The number of nitrogens with one attached hydrogen (secondary N) is 1. The molecule has 0 saturated heterocycles. The first kappa shape index (κ1) is 12.1. The van der Waals surface area contributed by atoms with E-state index in [9.17, 15) is 9.59 Å². The number of rotatable bonds is 5. The Labute approximate surface area is 104 Å². The molecule has 1 heterocycles. The standard InChI is InChI=1S/C12H15NO3S/c1-2-7-3-4-8(17-7)6-13-11(14)9-5-10(9)12(15)16/h3-4,9-10H,2,5-6H2,1H3,(H,13,14)(H,15,16). The average molecular weight is 253 g/mol. The van der Waals surface area contributed by atoms with Crippen molar-refractivity contribution in [1.29, 1.82) is 0 Å². The van der Waals surface area contributed by atoms with Gasteiger partial charge in [-0.05, 0) is 25.0 Å². The zero-order chi connectivity index (χ0) is 12.4. The Kier molecular flexibility index (Phi) is 3.47. The highest BCUT2D eigenvalue weighted by Crippen LogP contribution is 2.38. The van der Waals surface area contributed by atoms with Gasteiger partial charge in [0, 0.05) is 9.75 Å². The van der Waals surface area contributed by atoms with E-state index < -0.39 is 11.9 Å². The van der Waals surface area contributed by atoms with Crippen LogP contribution in [0.25, 0.3) is 0 Å². The fourth-order valence-corrected chi connectivity index (χ4v) is 2.67. The van der Waals surface area contributed by atoms with Crippen LogP contribution in [-0.2, 0) is 22.6 Å². The molecule has 2 N–H and O–H groups in total. The fourth-order valence-electron chi connectivity index (χ4n) is 1.77. The van der Waals surface area contributed by atoms with Crippen molar-refractivity contribution in [2.45, 2.75) is 26.3 Å². The number of carbonyl (C=O) groups is 2. The second kappa shape index (κ2) is 4.87. The molecule has 0 aromatic carbocycles. The summed E-state index contributed by atoms with van der Waals surface area (Å²) in [5, 5.41) is 11.5. The first-order valence-electron chi connectivity index (χ1n) is 5.70. The van der Waals surface area contributed by atoms with Crippen LogP contribution in [-0.4, -0.2) is 17.0 Å². The van der Waals surface area contributed by atoms with E-state index >= 15 is 0 Å². The molecule has 0 bridgehead atoms. The lowest BCUT2D eigenvalue weighted by atomic mass is 10.3. The molecule has 4 nitrogen and oxygen atoms in total. The van der Waals surface area contributed by atoms with E-state index in [4.69, 9.17) is 5.11 Å². The molecule has 0 spiro atoms. The monoisotopic (exact) mass is 253 g/mol. The molecule has 2 atom stereocenters. The molecular formula is C12H15NO3S. The van der Waals surface area contributed by atoms with Crippen LogP contribution in [0.3, 0.4) is 0 Å². The molecule has 1 aliphatic rings. The van der Waals surface area contributed by atoms with E-state index in [1.807, 2.05) is 6.07 Å². The molecule has 1 aromatic heterocycles. The SMILES string of the molecule is CCc1ccc(CNC(=O)C2CC2C(=O)O)s1. The molecule has 1 aromatic rings. The zero-order valence-corrected chi connectivity index (χ0v) is 10.4. The summed E-state index contributed by atoms with van der Waals surface area (Å²) in [7, 11) is 0. The number of thiophene rings is 1. The Morgan fingerprint density at radius 1 is 1.41 bits per heavy atom. The summed E-state index contributed by atoms with van der Waals surface area (Å²) in [6, 6.07) is 4.06. The fraction of sp³-hybridized carbons (Fsp3) is 0.500. The highest BCUT2D eigenvalue weighted by molar-refractivity contribution is 7.11. The van der Waals surface area contributed by atoms with E-state index in [2.05, 4.69) is 18.3 Å². The van der Waals surface area contributed by atoms with Gasteiger partial charge in [0.2, 0.25) is 5.91 Å². The van der Waals surface area contributed by atoms with Crippen LogP contribution in [0.15, 0.2) is 12.1 Å². The summed E-state index contributed by atoms with van der Waals surface area (Å²) >= 11 is 1.68. The van der Waals surface area contributed by atoms with E-state index in [1.165, 1.54) is 4.88 Å². The predicted molar refractivity (Wildman–Crippen MR) is 64.8 cm³/mol. The van der Waals surface area contributed by atoms with Gasteiger partial charge in [0.05, 0.1) is 18.4 Å². The van der Waals surface area contributed by atoms with Crippen molar-refractivity contribution in [3.63, 3.8) is 0 Å². The summed E-state index contributed by atoms with van der Waals surface area (Å²) in [6.45, 7) is 2.60. The highest BCUT2D eigenvalue weighted by atomic mass is 32.1. The maximum absolute atomic E-state index is 11.6. The third-order valence-corrected chi connectivity index (χ3v) is 4.18. The van der Waals surface area contributed by atoms with Crippen LogP contribution >= 0.6 is 11.3 Å². The second-order valence-electron chi connectivity index (χ2n) is 4.23. The van der Waals surface area contributed by atoms with Crippen molar-refractivity contribution in [2.75, 3.05) is 0 Å². The van der Waals surface area contributed by atoms with Gasteiger partial charge in [-0.3, -0.25) is 9.59 Å². The van der Waals surface area contributed by atoms with Crippen LogP contribution in [0, 0.1) is 11.8 Å². The predicted octanol–water partition coefficient (Wildman–Crippen LogP) is 1.65. The quantitative estimate of drug-likeness (QED) is 0.838. The molecule has 1 fully saturated rings. The van der Waals surface area contributed by atoms with Crippen LogP contribution in [0.2, 0.25) is 0 Å². The Hall–Kier alpha value is -1.36. The molecule has 1 saturated carbocycles. The van der Waals surface area contributed by atoms with Crippen LogP contribution in [0.1, 0.15) is 23.1 Å². The zero-order valence-electron chi connectivity index (χ0n) is 9.60. The minimum absolute atomic E-state index is 0.135. The number of aryl methyl sites for hydroxylation is 1. The number of carbonyl (C=O) groups excluding carboxylic acids is 1. The second-order valence-corrected chi connectivity index (χ2v) is 5.48. The molecule has 1 amide bonds. The lowest BCUT2D eigenvalue weighted by molar-refractivity contribution is -0.140. The van der Waals surface area contributed by atoms with Gasteiger partial charge in [0.25, 0.3) is 0 Å². The maximum atomic E-state index is 11.6. The number of carboxylic acids is 1. The van der Waals surface area contributed by atoms with E-state index in [0.29, 0.717) is 13.0 Å². The van der Waals surface area contributed by atoms with Gasteiger partial charge in [-0.2, -0.15) is 0 Å². The number of carboxylic acid groups (broad SMARTS) is 1. The molecule has 1 aliphatic carbocycles. The molecule has 2 rings (SSSR count). The van der Waals surface area contributed by atoms with Crippen molar-refractivity contribution in [2.24, 2.45) is 11.8 Å². The van der Waals surface area contributed by atoms with E-state index in [0.717, 1.165) is 11.3 Å². The Morgan fingerprint density at radius 3 is 2.65 bits per heavy atom. The summed E-state index contributed by atoms with van der Waals surface area (Å²) in [5.41, 5.74) is 0. The molecule has 2 unspecified atom stereocenters. The highest BCUT2D eigenvalue weighted by Gasteiger charge is 2.48. The van der Waals surface area contributed by atoms with Crippen molar-refractivity contribution in [3.8, 4) is 0 Å². The minimum atomic E-state index is -0.866. The first-order chi connectivity index (χ1) is 8.11. The molecule has 5 heteroatoms. The van der Waals surface area contributed by atoms with Crippen LogP contribution in [0.4, 0.5) is 0 Å². The summed E-state index contributed by atoms with van der Waals surface area (Å²) < 4.78 is 0. The van der Waals surface area contributed by atoms with Gasteiger partial charge in [-0.1, -0.05) is 6.92 Å². The Morgan fingerprint density at radius 2 is 2.12 bits per heavy atom. The summed E-state index contributed by atoms with van der Waals surface area (Å²) in [4.78, 5) is 24.6. The summed E-state index contributed by atoms with van der Waals surface area (Å²) in [5.74, 6) is -1.79. The molecule has 0 radical (unpaired) electrons. The third-order valence-electron chi connectivity index (χ3n) is 2.95. The van der Waals surface area contributed by atoms with Crippen molar-refractivity contribution in [1.82, 2.24) is 5.32 Å². The van der Waals surface area contributed by atoms with Gasteiger partial charge in [0.15, 0.2) is 0 Å². The molecule has 92 valence electrons. The minimum Gasteiger partial charge on any atom is -0.481 e. The normalized spacial score (nSPS) is 22.2. The Bertz CT molecular complexity index is 441. The van der Waals surface area contributed by atoms with Gasteiger partial charge >= 0.3 is 5.97 Å². The number of hydrogen-bond donors (Lipinski definition) is 2. The largest absolute Gasteiger partial charge is 0.481 e. The van der Waals surface area contributed by atoms with Crippen LogP contribution < -0.4 is 5.32 Å². The average Bonchev–Trinajstić information content (AvgIpc) is 2.99. The van der Waals surface area contributed by atoms with Gasteiger partial charge in [-0.15, -0.1) is 11.3 Å². The smallest absolute Gasteiger partial charge is 0.307 e. The van der Waals surface area contributed by atoms with Gasteiger partial charge < -0.3 is 10.4 Å². The van der Waals surface area contributed by atoms with Crippen LogP contribution in [0.5, 0.6) is 0 Å². The Balaban J connectivity index is 1.79. The molecular weight excluding hydrogens is 238 g/mol. The molecule has 0 aliphatic heterocycles. The lowest BCUT2D eigenvalue weighted by Crippen LogP contribution is -2.25. The van der Waals surface area contributed by atoms with Crippen molar-refractivity contribution < 1.29 is 14.7 Å².